The van der Waals surface area contributed by atoms with Crippen LogP contribution in [0.25, 0.3) is 0 Å². The topological polar surface area (TPSA) is 67.1 Å². The van der Waals surface area contributed by atoms with Gasteiger partial charge in [0.1, 0.15) is 17.0 Å². The highest BCUT2D eigenvalue weighted by atomic mass is 19.4. The molecule has 3 heterocycles. The molecule has 3 rings (SSSR count). The van der Waals surface area contributed by atoms with Gasteiger partial charge in [-0.2, -0.15) is 13.2 Å². The predicted molar refractivity (Wildman–Crippen MR) is 85.0 cm³/mol. The minimum Gasteiger partial charge on any atom is -0.382 e. The van der Waals surface area contributed by atoms with Crippen LogP contribution in [0.2, 0.25) is 0 Å². The quantitative estimate of drug-likeness (QED) is 0.917. The lowest BCUT2D eigenvalue weighted by molar-refractivity contribution is -0.141. The van der Waals surface area contributed by atoms with E-state index in [-0.39, 0.29) is 12.6 Å². The number of hydrogen-bond donors (Lipinski definition) is 1. The zero-order valence-electron chi connectivity index (χ0n) is 14.0. The van der Waals surface area contributed by atoms with Crippen molar-refractivity contribution in [2.24, 2.45) is 0 Å². The maximum atomic E-state index is 12.9. The number of anilines is 1. The number of piperidine rings is 1. The van der Waals surface area contributed by atoms with E-state index < -0.39 is 17.5 Å². The average Bonchev–Trinajstić information content (AvgIpc) is 3.05. The minimum absolute atomic E-state index is 0.110. The number of β-amino-alcohol motifs (C(OH)–C–C–N with tert-alkyl or cyclic N) is 1. The van der Waals surface area contributed by atoms with Crippen molar-refractivity contribution in [2.75, 3.05) is 18.0 Å². The van der Waals surface area contributed by atoms with Crippen molar-refractivity contribution in [3.05, 3.63) is 35.9 Å². The van der Waals surface area contributed by atoms with Gasteiger partial charge >= 0.3 is 6.18 Å². The Morgan fingerprint density at radius 2 is 2.08 bits per heavy atom. The van der Waals surface area contributed by atoms with E-state index in [0.29, 0.717) is 30.8 Å². The number of hydrogen-bond acceptors (Lipinski definition) is 5. The van der Waals surface area contributed by atoms with Gasteiger partial charge in [-0.1, -0.05) is 5.21 Å². The number of alkyl halides is 3. The normalized spacial score (nSPS) is 21.8. The molecule has 0 aromatic carbocycles. The fraction of sp³-hybridized carbons (Fsp3) is 0.562. The number of nitrogens with zero attached hydrogens (tertiary/aromatic N) is 5. The predicted octanol–water partition coefficient (Wildman–Crippen LogP) is 2.76. The number of pyridine rings is 1. The van der Waals surface area contributed by atoms with Gasteiger partial charge in [0.05, 0.1) is 12.7 Å². The van der Waals surface area contributed by atoms with E-state index in [1.54, 1.807) is 15.8 Å². The molecule has 6 nitrogen and oxygen atoms in total. The lowest BCUT2D eigenvalue weighted by Gasteiger charge is -2.39. The van der Waals surface area contributed by atoms with Crippen LogP contribution < -0.4 is 4.90 Å². The number of rotatable bonds is 3. The third kappa shape index (κ3) is 3.60. The van der Waals surface area contributed by atoms with E-state index in [1.165, 1.54) is 6.07 Å². The Hall–Kier alpha value is -2.16. The van der Waals surface area contributed by atoms with Crippen LogP contribution in [0, 0.1) is 0 Å². The van der Waals surface area contributed by atoms with Crippen LogP contribution in [-0.2, 0) is 11.8 Å². The van der Waals surface area contributed by atoms with Gasteiger partial charge in [-0.3, -0.25) is 4.98 Å². The number of aliphatic hydroxyl groups is 1. The summed E-state index contributed by atoms with van der Waals surface area (Å²) in [5.74, 6) is 0. The molecule has 9 heteroatoms. The minimum atomic E-state index is -4.50. The van der Waals surface area contributed by atoms with Crippen LogP contribution >= 0.6 is 0 Å². The van der Waals surface area contributed by atoms with Crippen molar-refractivity contribution in [1.82, 2.24) is 20.0 Å². The highest BCUT2D eigenvalue weighted by Gasteiger charge is 2.39. The summed E-state index contributed by atoms with van der Waals surface area (Å²) >= 11 is 0. The first-order valence-electron chi connectivity index (χ1n) is 8.12. The molecule has 1 unspecified atom stereocenters. The lowest BCUT2D eigenvalue weighted by atomic mass is 9.89. The van der Waals surface area contributed by atoms with E-state index in [9.17, 15) is 18.3 Å². The first-order valence-corrected chi connectivity index (χ1v) is 8.12. The van der Waals surface area contributed by atoms with Crippen LogP contribution in [0.1, 0.15) is 44.1 Å². The summed E-state index contributed by atoms with van der Waals surface area (Å²) in [7, 11) is 0. The first-order chi connectivity index (χ1) is 11.7. The van der Waals surface area contributed by atoms with Crippen molar-refractivity contribution in [3.8, 4) is 0 Å². The summed E-state index contributed by atoms with van der Waals surface area (Å²) in [4.78, 5) is 5.11. The molecular weight excluding hydrogens is 335 g/mol. The summed E-state index contributed by atoms with van der Waals surface area (Å²) in [5, 5.41) is 19.1. The lowest BCUT2D eigenvalue weighted by Crippen LogP contribution is -2.46. The van der Waals surface area contributed by atoms with Gasteiger partial charge in [0.15, 0.2) is 0 Å². The molecule has 136 valence electrons. The fourth-order valence-corrected chi connectivity index (χ4v) is 2.98. The largest absolute Gasteiger partial charge is 0.433 e. The smallest absolute Gasteiger partial charge is 0.382 e. The standard InChI is InChI=1S/C16H20F3N5O/c1-11(2)24-9-14(21-22-24)15(25)5-3-7-23(10-15)12-4-6-20-13(8-12)16(17,18)19/h4,6,8-9,11,25H,3,5,7,10H2,1-2H3. The average molecular weight is 355 g/mol. The van der Waals surface area contributed by atoms with Gasteiger partial charge in [0, 0.05) is 24.5 Å². The monoisotopic (exact) mass is 355 g/mol. The Morgan fingerprint density at radius 3 is 2.72 bits per heavy atom. The van der Waals surface area contributed by atoms with E-state index >= 15 is 0 Å². The summed E-state index contributed by atoms with van der Waals surface area (Å²) in [6.07, 6.45) is -0.545. The van der Waals surface area contributed by atoms with Crippen LogP contribution in [0.3, 0.4) is 0 Å². The molecule has 0 bridgehead atoms. The van der Waals surface area contributed by atoms with Gasteiger partial charge in [0.25, 0.3) is 0 Å². The second-order valence-corrected chi connectivity index (χ2v) is 6.63. The molecule has 0 saturated carbocycles. The summed E-state index contributed by atoms with van der Waals surface area (Å²) in [5.41, 5.74) is -1.36. The van der Waals surface area contributed by atoms with Gasteiger partial charge < -0.3 is 10.0 Å². The Kier molecular flexibility index (Phi) is 4.44. The van der Waals surface area contributed by atoms with Gasteiger partial charge in [-0.15, -0.1) is 5.10 Å². The van der Waals surface area contributed by atoms with Crippen molar-refractivity contribution >= 4 is 5.69 Å². The van der Waals surface area contributed by atoms with Crippen LogP contribution in [0.4, 0.5) is 18.9 Å². The molecule has 25 heavy (non-hydrogen) atoms. The third-order valence-corrected chi connectivity index (χ3v) is 4.39. The van der Waals surface area contributed by atoms with Gasteiger partial charge in [0.2, 0.25) is 0 Å². The van der Waals surface area contributed by atoms with E-state index in [4.69, 9.17) is 0 Å². The maximum Gasteiger partial charge on any atom is 0.433 e. The third-order valence-electron chi connectivity index (χ3n) is 4.39. The number of halogens is 3. The molecule has 1 fully saturated rings. The Bertz CT molecular complexity index is 745. The summed E-state index contributed by atoms with van der Waals surface area (Å²) < 4.78 is 40.3. The van der Waals surface area contributed by atoms with Crippen LogP contribution in [0.5, 0.6) is 0 Å². The first kappa shape index (κ1) is 17.7. The second-order valence-electron chi connectivity index (χ2n) is 6.63. The summed E-state index contributed by atoms with van der Waals surface area (Å²) in [6, 6.07) is 2.64. The zero-order chi connectivity index (χ0) is 18.2. The van der Waals surface area contributed by atoms with Crippen molar-refractivity contribution < 1.29 is 18.3 Å². The van der Waals surface area contributed by atoms with Crippen LogP contribution in [0.15, 0.2) is 24.5 Å². The molecule has 0 amide bonds. The number of aromatic nitrogens is 4. The van der Waals surface area contributed by atoms with E-state index in [0.717, 1.165) is 12.3 Å². The van der Waals surface area contributed by atoms with Gasteiger partial charge in [-0.25, -0.2) is 4.68 Å². The molecule has 0 aliphatic carbocycles. The highest BCUT2D eigenvalue weighted by molar-refractivity contribution is 5.48. The molecular formula is C16H20F3N5O. The maximum absolute atomic E-state index is 12.9. The molecule has 1 N–H and O–H groups in total. The van der Waals surface area contributed by atoms with E-state index in [2.05, 4.69) is 15.3 Å². The zero-order valence-corrected chi connectivity index (χ0v) is 14.0. The summed E-state index contributed by atoms with van der Waals surface area (Å²) in [6.45, 7) is 4.61. The van der Waals surface area contributed by atoms with Crippen LogP contribution in [-0.4, -0.2) is 38.2 Å². The van der Waals surface area contributed by atoms with Gasteiger partial charge in [-0.05, 0) is 38.8 Å². The Labute approximate surface area is 143 Å². The van der Waals surface area contributed by atoms with Crippen molar-refractivity contribution in [3.63, 3.8) is 0 Å². The molecule has 1 atom stereocenters. The molecule has 1 saturated heterocycles. The molecule has 2 aromatic rings. The van der Waals surface area contributed by atoms with Crippen molar-refractivity contribution in [1.29, 1.82) is 0 Å². The molecule has 0 spiro atoms. The molecule has 2 aromatic heterocycles. The molecule has 1 aliphatic heterocycles. The molecule has 0 radical (unpaired) electrons. The Morgan fingerprint density at radius 1 is 1.32 bits per heavy atom. The SMILES string of the molecule is CC(C)n1cc(C2(O)CCCN(c3ccnc(C(F)(F)F)c3)C2)nn1. The second kappa shape index (κ2) is 6.29. The molecule has 1 aliphatic rings. The van der Waals surface area contributed by atoms with Crippen molar-refractivity contribution in [2.45, 2.75) is 44.5 Å². The Balaban J connectivity index is 1.85. The highest BCUT2D eigenvalue weighted by Crippen LogP contribution is 2.35. The van der Waals surface area contributed by atoms with E-state index in [1.807, 2.05) is 13.8 Å². The fourth-order valence-electron chi connectivity index (χ4n) is 2.98.